The zero-order valence-electron chi connectivity index (χ0n) is 16.1. The molecule has 7 nitrogen and oxygen atoms in total. The SMILES string of the molecule is COc1ccc(/C=N/OCC(O)CN2CCNCC2)cc1OC1CCCC1. The maximum absolute atomic E-state index is 10.1. The van der Waals surface area contributed by atoms with Gasteiger partial charge in [-0.3, -0.25) is 4.90 Å². The van der Waals surface area contributed by atoms with Crippen LogP contribution in [0.15, 0.2) is 23.4 Å². The summed E-state index contributed by atoms with van der Waals surface area (Å²) >= 11 is 0. The monoisotopic (exact) mass is 377 g/mol. The van der Waals surface area contributed by atoms with Crippen molar-refractivity contribution in [3.05, 3.63) is 23.8 Å². The molecule has 1 aromatic rings. The first-order valence-corrected chi connectivity index (χ1v) is 9.86. The van der Waals surface area contributed by atoms with Crippen molar-refractivity contribution in [3.8, 4) is 11.5 Å². The molecule has 0 aromatic heterocycles. The minimum absolute atomic E-state index is 0.183. The molecule has 1 unspecified atom stereocenters. The average Bonchev–Trinajstić information content (AvgIpc) is 3.19. The third-order valence-corrected chi connectivity index (χ3v) is 5.01. The molecule has 150 valence electrons. The van der Waals surface area contributed by atoms with E-state index in [1.807, 2.05) is 18.2 Å². The van der Waals surface area contributed by atoms with Crippen LogP contribution >= 0.6 is 0 Å². The van der Waals surface area contributed by atoms with Crippen LogP contribution in [0.2, 0.25) is 0 Å². The van der Waals surface area contributed by atoms with Crippen molar-refractivity contribution in [1.29, 1.82) is 0 Å². The second kappa shape index (κ2) is 10.5. The fourth-order valence-corrected chi connectivity index (χ4v) is 3.52. The number of nitrogens with zero attached hydrogens (tertiary/aromatic N) is 2. The molecule has 0 bridgehead atoms. The Bertz CT molecular complexity index is 599. The molecule has 1 aromatic carbocycles. The van der Waals surface area contributed by atoms with Crippen LogP contribution in [0.1, 0.15) is 31.2 Å². The van der Waals surface area contributed by atoms with Gasteiger partial charge in [0.15, 0.2) is 11.5 Å². The van der Waals surface area contributed by atoms with Gasteiger partial charge in [-0.25, -0.2) is 0 Å². The Labute approximate surface area is 161 Å². The van der Waals surface area contributed by atoms with Crippen molar-refractivity contribution < 1.29 is 19.4 Å². The van der Waals surface area contributed by atoms with Gasteiger partial charge < -0.3 is 24.7 Å². The van der Waals surface area contributed by atoms with Crippen molar-refractivity contribution >= 4 is 6.21 Å². The highest BCUT2D eigenvalue weighted by atomic mass is 16.6. The van der Waals surface area contributed by atoms with Crippen LogP contribution in [0.3, 0.4) is 0 Å². The zero-order valence-corrected chi connectivity index (χ0v) is 16.1. The first-order valence-electron chi connectivity index (χ1n) is 9.86. The number of rotatable bonds is 9. The summed E-state index contributed by atoms with van der Waals surface area (Å²) < 4.78 is 11.5. The number of benzene rings is 1. The van der Waals surface area contributed by atoms with Crippen molar-refractivity contribution in [3.63, 3.8) is 0 Å². The van der Waals surface area contributed by atoms with Gasteiger partial charge in [0.2, 0.25) is 0 Å². The highest BCUT2D eigenvalue weighted by Crippen LogP contribution is 2.32. The van der Waals surface area contributed by atoms with Crippen molar-refractivity contribution in [2.75, 3.05) is 46.4 Å². The Morgan fingerprint density at radius 2 is 2.04 bits per heavy atom. The molecule has 2 aliphatic rings. The number of oxime groups is 1. The average molecular weight is 377 g/mol. The van der Waals surface area contributed by atoms with Gasteiger partial charge in [0.05, 0.1) is 19.4 Å². The van der Waals surface area contributed by atoms with Crippen LogP contribution < -0.4 is 14.8 Å². The quantitative estimate of drug-likeness (QED) is 0.503. The molecule has 27 heavy (non-hydrogen) atoms. The van der Waals surface area contributed by atoms with Gasteiger partial charge in [0.25, 0.3) is 0 Å². The van der Waals surface area contributed by atoms with E-state index in [0.717, 1.165) is 56.1 Å². The van der Waals surface area contributed by atoms with Gasteiger partial charge >= 0.3 is 0 Å². The van der Waals surface area contributed by atoms with Crippen molar-refractivity contribution in [2.24, 2.45) is 5.16 Å². The number of ether oxygens (including phenoxy) is 2. The Morgan fingerprint density at radius 3 is 2.78 bits per heavy atom. The summed E-state index contributed by atoms with van der Waals surface area (Å²) in [6.45, 7) is 4.63. The molecule has 3 rings (SSSR count). The minimum atomic E-state index is -0.544. The van der Waals surface area contributed by atoms with Crippen LogP contribution in [0.25, 0.3) is 0 Å². The molecule has 1 atom stereocenters. The molecule has 1 heterocycles. The Hall–Kier alpha value is -1.83. The molecular formula is C20H31N3O4. The second-order valence-corrected chi connectivity index (χ2v) is 7.17. The van der Waals surface area contributed by atoms with E-state index in [-0.39, 0.29) is 12.7 Å². The number of β-amino-alcohol motifs (C(OH)–C–C–N with tert-alkyl or cyclic N) is 1. The standard InChI is InChI=1S/C20H31N3O4/c1-25-19-7-6-16(12-20(19)27-18-4-2-3-5-18)13-22-26-15-17(24)14-23-10-8-21-9-11-23/h6-7,12-13,17-18,21,24H,2-5,8-11,14-15H2,1H3/b22-13+. The first kappa shape index (κ1) is 19.9. The molecule has 1 aliphatic heterocycles. The lowest BCUT2D eigenvalue weighted by Crippen LogP contribution is -2.46. The molecule has 2 fully saturated rings. The number of piperazine rings is 1. The Kier molecular flexibility index (Phi) is 7.74. The topological polar surface area (TPSA) is 75.5 Å². The van der Waals surface area contributed by atoms with Gasteiger partial charge in [0, 0.05) is 38.3 Å². The van der Waals surface area contributed by atoms with Crippen molar-refractivity contribution in [1.82, 2.24) is 10.2 Å². The summed E-state index contributed by atoms with van der Waals surface area (Å²) in [7, 11) is 1.65. The van der Waals surface area contributed by atoms with Crippen molar-refractivity contribution in [2.45, 2.75) is 37.9 Å². The number of methoxy groups -OCH3 is 1. The number of hydrogen-bond donors (Lipinski definition) is 2. The van der Waals surface area contributed by atoms with Gasteiger partial charge in [-0.15, -0.1) is 0 Å². The maximum atomic E-state index is 10.1. The number of nitrogens with one attached hydrogen (secondary N) is 1. The minimum Gasteiger partial charge on any atom is -0.493 e. The summed E-state index contributed by atoms with van der Waals surface area (Å²) in [5.74, 6) is 1.47. The highest BCUT2D eigenvalue weighted by molar-refractivity contribution is 5.80. The second-order valence-electron chi connectivity index (χ2n) is 7.17. The molecule has 7 heteroatoms. The smallest absolute Gasteiger partial charge is 0.162 e. The summed E-state index contributed by atoms with van der Waals surface area (Å²) in [4.78, 5) is 7.50. The van der Waals surface area contributed by atoms with E-state index in [9.17, 15) is 5.11 Å². The van der Waals surface area contributed by atoms with Gasteiger partial charge in [-0.05, 0) is 43.9 Å². The van der Waals surface area contributed by atoms with E-state index in [0.29, 0.717) is 6.54 Å². The van der Waals surface area contributed by atoms with Gasteiger partial charge in [-0.2, -0.15) is 0 Å². The van der Waals surface area contributed by atoms with E-state index >= 15 is 0 Å². The van der Waals surface area contributed by atoms with E-state index in [1.54, 1.807) is 13.3 Å². The molecule has 1 saturated carbocycles. The number of hydrogen-bond acceptors (Lipinski definition) is 7. The van der Waals surface area contributed by atoms with Crippen LogP contribution in [-0.2, 0) is 4.84 Å². The number of aliphatic hydroxyl groups excluding tert-OH is 1. The normalized spacial score (nSPS) is 20.1. The van der Waals surface area contributed by atoms with E-state index in [1.165, 1.54) is 12.8 Å². The maximum Gasteiger partial charge on any atom is 0.162 e. The van der Waals surface area contributed by atoms with E-state index in [2.05, 4.69) is 15.4 Å². The van der Waals surface area contributed by atoms with Gasteiger partial charge in [0.1, 0.15) is 12.7 Å². The van der Waals surface area contributed by atoms with Crippen LogP contribution in [-0.4, -0.2) is 74.9 Å². The summed E-state index contributed by atoms with van der Waals surface area (Å²) in [5.41, 5.74) is 0.875. The van der Waals surface area contributed by atoms with E-state index in [4.69, 9.17) is 14.3 Å². The summed E-state index contributed by atoms with van der Waals surface area (Å²) in [5, 5.41) is 17.4. The fraction of sp³-hybridized carbons (Fsp3) is 0.650. The lowest BCUT2D eigenvalue weighted by Gasteiger charge is -2.28. The molecule has 1 aliphatic carbocycles. The lowest BCUT2D eigenvalue weighted by atomic mass is 10.2. The number of aliphatic hydroxyl groups is 1. The van der Waals surface area contributed by atoms with E-state index < -0.39 is 6.10 Å². The summed E-state index contributed by atoms with van der Waals surface area (Å²) in [6.07, 6.45) is 5.99. The predicted molar refractivity (Wildman–Crippen MR) is 105 cm³/mol. The Morgan fingerprint density at radius 1 is 1.26 bits per heavy atom. The third kappa shape index (κ3) is 6.37. The van der Waals surface area contributed by atoms with Crippen LogP contribution in [0.5, 0.6) is 11.5 Å². The largest absolute Gasteiger partial charge is 0.493 e. The third-order valence-electron chi connectivity index (χ3n) is 5.01. The molecule has 1 saturated heterocycles. The summed E-state index contributed by atoms with van der Waals surface area (Å²) in [6, 6.07) is 5.70. The molecule has 0 amide bonds. The van der Waals surface area contributed by atoms with Crippen LogP contribution in [0.4, 0.5) is 0 Å². The van der Waals surface area contributed by atoms with Crippen LogP contribution in [0, 0.1) is 0 Å². The fourth-order valence-electron chi connectivity index (χ4n) is 3.52. The molecule has 2 N–H and O–H groups in total. The zero-order chi connectivity index (χ0) is 18.9. The highest BCUT2D eigenvalue weighted by Gasteiger charge is 2.18. The lowest BCUT2D eigenvalue weighted by molar-refractivity contribution is 0.0176. The molecule has 0 spiro atoms. The first-order chi connectivity index (χ1) is 13.2. The predicted octanol–water partition coefficient (Wildman–Crippen LogP) is 1.63. The molecule has 0 radical (unpaired) electrons. The molecular weight excluding hydrogens is 346 g/mol. The van der Waals surface area contributed by atoms with Gasteiger partial charge in [-0.1, -0.05) is 5.16 Å². The Balaban J connectivity index is 1.47.